The third kappa shape index (κ3) is 6.51. The van der Waals surface area contributed by atoms with Gasteiger partial charge in [0.25, 0.3) is 0 Å². The Morgan fingerprint density at radius 3 is 2.29 bits per heavy atom. The molecule has 0 unspecified atom stereocenters. The Kier molecular flexibility index (Phi) is 8.81. The highest BCUT2D eigenvalue weighted by atomic mass is 35.5. The summed E-state index contributed by atoms with van der Waals surface area (Å²) >= 11 is 5.99. The molecule has 0 spiro atoms. The molecule has 2 rings (SSSR count). The summed E-state index contributed by atoms with van der Waals surface area (Å²) in [4.78, 5) is 27.4. The van der Waals surface area contributed by atoms with Crippen LogP contribution in [0.5, 0.6) is 0 Å². The Morgan fingerprint density at radius 2 is 1.75 bits per heavy atom. The van der Waals surface area contributed by atoms with Crippen LogP contribution >= 0.6 is 11.6 Å². The Morgan fingerprint density at radius 1 is 1.14 bits per heavy atom. The van der Waals surface area contributed by atoms with Gasteiger partial charge in [-0.3, -0.25) is 9.59 Å². The molecule has 1 aliphatic rings. The van der Waals surface area contributed by atoms with Crippen LogP contribution in [0.3, 0.4) is 0 Å². The van der Waals surface area contributed by atoms with Crippen LogP contribution in [-0.2, 0) is 9.59 Å². The molecule has 5 heteroatoms. The summed E-state index contributed by atoms with van der Waals surface area (Å²) in [7, 11) is 0. The van der Waals surface area contributed by atoms with Crippen LogP contribution in [0.15, 0.2) is 24.3 Å². The molecular weight excluding hydrogens is 372 g/mol. The summed E-state index contributed by atoms with van der Waals surface area (Å²) in [5.74, 6) is 1.13. The van der Waals surface area contributed by atoms with Crippen molar-refractivity contribution >= 4 is 23.4 Å². The van der Waals surface area contributed by atoms with E-state index >= 15 is 0 Å². The predicted molar refractivity (Wildman–Crippen MR) is 115 cm³/mol. The number of piperidine rings is 1. The molecule has 0 radical (unpaired) electrons. The van der Waals surface area contributed by atoms with E-state index in [1.807, 2.05) is 24.0 Å². The van der Waals surface area contributed by atoms with E-state index < -0.39 is 6.04 Å². The summed E-state index contributed by atoms with van der Waals surface area (Å²) in [6.45, 7) is 9.80. The van der Waals surface area contributed by atoms with Gasteiger partial charge in [0.15, 0.2) is 0 Å². The first-order chi connectivity index (χ1) is 13.3. The Bertz CT molecular complexity index is 637. The molecule has 1 saturated heterocycles. The lowest BCUT2D eigenvalue weighted by atomic mass is 9.88. The van der Waals surface area contributed by atoms with Crippen molar-refractivity contribution in [1.82, 2.24) is 10.2 Å². The number of carbonyl (C=O) groups is 2. The molecule has 0 bridgehead atoms. The lowest BCUT2D eigenvalue weighted by Crippen LogP contribution is -2.53. The van der Waals surface area contributed by atoms with Crippen molar-refractivity contribution in [2.24, 2.45) is 11.8 Å². The van der Waals surface area contributed by atoms with Gasteiger partial charge in [0, 0.05) is 24.5 Å². The van der Waals surface area contributed by atoms with Gasteiger partial charge < -0.3 is 10.2 Å². The standard InChI is InChI=1S/C23H35ClN2O2/c1-5-17(4)22(25-21(27)11-6-16(2)3)23(28)26-14-12-19(13-15-26)18-7-9-20(24)10-8-18/h7-10,16-17,19,22H,5-6,11-15H2,1-4H3,(H,25,27)/t17-,22+/m0/s1. The summed E-state index contributed by atoms with van der Waals surface area (Å²) in [6, 6.07) is 7.61. The minimum atomic E-state index is -0.420. The second-order valence-corrected chi connectivity index (χ2v) is 8.95. The molecule has 0 saturated carbocycles. The smallest absolute Gasteiger partial charge is 0.245 e. The maximum atomic E-state index is 13.2. The quantitative estimate of drug-likeness (QED) is 0.659. The third-order valence-electron chi connectivity index (χ3n) is 5.89. The average Bonchev–Trinajstić information content (AvgIpc) is 2.70. The molecule has 2 atom stereocenters. The van der Waals surface area contributed by atoms with Crippen molar-refractivity contribution in [3.8, 4) is 0 Å². The van der Waals surface area contributed by atoms with E-state index in [2.05, 4.69) is 38.2 Å². The van der Waals surface area contributed by atoms with Crippen LogP contribution in [0.4, 0.5) is 0 Å². The number of carbonyl (C=O) groups excluding carboxylic acids is 2. The predicted octanol–water partition coefficient (Wildman–Crippen LogP) is 5.01. The fourth-order valence-corrected chi connectivity index (χ4v) is 3.84. The van der Waals surface area contributed by atoms with Crippen LogP contribution in [-0.4, -0.2) is 35.8 Å². The highest BCUT2D eigenvalue weighted by Crippen LogP contribution is 2.29. The number of nitrogens with zero attached hydrogens (tertiary/aromatic N) is 1. The maximum Gasteiger partial charge on any atom is 0.245 e. The largest absolute Gasteiger partial charge is 0.344 e. The summed E-state index contributed by atoms with van der Waals surface area (Å²) in [5.41, 5.74) is 1.29. The first-order valence-electron chi connectivity index (χ1n) is 10.6. The highest BCUT2D eigenvalue weighted by molar-refractivity contribution is 6.30. The van der Waals surface area contributed by atoms with Gasteiger partial charge in [0.05, 0.1) is 0 Å². The zero-order valence-electron chi connectivity index (χ0n) is 17.7. The molecule has 1 aromatic rings. The minimum Gasteiger partial charge on any atom is -0.344 e. The number of benzene rings is 1. The first-order valence-corrected chi connectivity index (χ1v) is 11.0. The van der Waals surface area contributed by atoms with E-state index in [0.29, 0.717) is 18.3 Å². The molecular formula is C23H35ClN2O2. The summed E-state index contributed by atoms with van der Waals surface area (Å²) in [6.07, 6.45) is 4.09. The van der Waals surface area contributed by atoms with Crippen LogP contribution in [0.1, 0.15) is 71.3 Å². The van der Waals surface area contributed by atoms with E-state index in [0.717, 1.165) is 43.8 Å². The Hall–Kier alpha value is -1.55. The second-order valence-electron chi connectivity index (χ2n) is 8.51. The normalized spacial score (nSPS) is 17.4. The summed E-state index contributed by atoms with van der Waals surface area (Å²) < 4.78 is 0. The topological polar surface area (TPSA) is 49.4 Å². The zero-order chi connectivity index (χ0) is 20.7. The van der Waals surface area contributed by atoms with Gasteiger partial charge in [-0.1, -0.05) is 57.8 Å². The fourth-order valence-electron chi connectivity index (χ4n) is 3.71. The molecule has 156 valence electrons. The van der Waals surface area contributed by atoms with Gasteiger partial charge in [-0.15, -0.1) is 0 Å². The van der Waals surface area contributed by atoms with Crippen LogP contribution in [0.25, 0.3) is 0 Å². The first kappa shape index (κ1) is 22.7. The molecule has 1 N–H and O–H groups in total. The molecule has 2 amide bonds. The van der Waals surface area contributed by atoms with Crippen molar-refractivity contribution in [3.63, 3.8) is 0 Å². The van der Waals surface area contributed by atoms with Gasteiger partial charge in [-0.05, 0) is 54.7 Å². The van der Waals surface area contributed by atoms with Gasteiger partial charge in [0.1, 0.15) is 6.04 Å². The molecule has 1 heterocycles. The van der Waals surface area contributed by atoms with Crippen molar-refractivity contribution in [2.45, 2.75) is 71.8 Å². The van der Waals surface area contributed by atoms with Crippen molar-refractivity contribution < 1.29 is 9.59 Å². The second kappa shape index (κ2) is 10.8. The fraction of sp³-hybridized carbons (Fsp3) is 0.652. The summed E-state index contributed by atoms with van der Waals surface area (Å²) in [5, 5.41) is 3.78. The zero-order valence-corrected chi connectivity index (χ0v) is 18.5. The van der Waals surface area contributed by atoms with E-state index in [-0.39, 0.29) is 17.7 Å². The monoisotopic (exact) mass is 406 g/mol. The minimum absolute atomic E-state index is 0.0107. The van der Waals surface area contributed by atoms with E-state index in [1.165, 1.54) is 5.56 Å². The Labute approximate surface area is 175 Å². The third-order valence-corrected chi connectivity index (χ3v) is 6.14. The van der Waals surface area contributed by atoms with Gasteiger partial charge in [-0.25, -0.2) is 0 Å². The molecule has 4 nitrogen and oxygen atoms in total. The number of likely N-dealkylation sites (tertiary alicyclic amines) is 1. The number of rotatable bonds is 8. The van der Waals surface area contributed by atoms with Crippen LogP contribution in [0, 0.1) is 11.8 Å². The van der Waals surface area contributed by atoms with Gasteiger partial charge in [-0.2, -0.15) is 0 Å². The SMILES string of the molecule is CC[C@H](C)[C@@H](NC(=O)CCC(C)C)C(=O)N1CCC(c2ccc(Cl)cc2)CC1. The van der Waals surface area contributed by atoms with E-state index in [1.54, 1.807) is 0 Å². The molecule has 1 aliphatic heterocycles. The Balaban J connectivity index is 1.95. The average molecular weight is 407 g/mol. The van der Waals surface area contributed by atoms with Crippen molar-refractivity contribution in [3.05, 3.63) is 34.9 Å². The van der Waals surface area contributed by atoms with Crippen LogP contribution in [0.2, 0.25) is 5.02 Å². The number of hydrogen-bond donors (Lipinski definition) is 1. The number of halogens is 1. The molecule has 0 aromatic heterocycles. The highest BCUT2D eigenvalue weighted by Gasteiger charge is 2.32. The number of nitrogens with one attached hydrogen (secondary N) is 1. The van der Waals surface area contributed by atoms with Gasteiger partial charge in [0.2, 0.25) is 11.8 Å². The lowest BCUT2D eigenvalue weighted by Gasteiger charge is -2.36. The van der Waals surface area contributed by atoms with Crippen molar-refractivity contribution in [1.29, 1.82) is 0 Å². The molecule has 28 heavy (non-hydrogen) atoms. The number of hydrogen-bond acceptors (Lipinski definition) is 2. The molecule has 0 aliphatic carbocycles. The van der Waals surface area contributed by atoms with Crippen LogP contribution < -0.4 is 5.32 Å². The van der Waals surface area contributed by atoms with Gasteiger partial charge >= 0.3 is 0 Å². The molecule has 1 fully saturated rings. The van der Waals surface area contributed by atoms with Crippen molar-refractivity contribution in [2.75, 3.05) is 13.1 Å². The van der Waals surface area contributed by atoms with E-state index in [4.69, 9.17) is 11.6 Å². The van der Waals surface area contributed by atoms with E-state index in [9.17, 15) is 9.59 Å². The number of amides is 2. The lowest BCUT2D eigenvalue weighted by molar-refractivity contribution is -0.138. The maximum absolute atomic E-state index is 13.2. The molecule has 1 aromatic carbocycles.